The molecule has 0 radical (unpaired) electrons. The van der Waals surface area contributed by atoms with Gasteiger partial charge in [0.05, 0.1) is 34.6 Å². The number of carbonyl (C=O) groups excluding carboxylic acids is 1. The lowest BCUT2D eigenvalue weighted by Crippen LogP contribution is -2.03. The quantitative estimate of drug-likeness (QED) is 0.288. The Morgan fingerprint density at radius 2 is 1.37 bits per heavy atom. The molecule has 2 rings (SSSR count). The summed E-state index contributed by atoms with van der Waals surface area (Å²) >= 11 is 0. The van der Waals surface area contributed by atoms with E-state index in [0.29, 0.717) is 0 Å². The average molecular weight is 419 g/mol. The second kappa shape index (κ2) is 8.64. The summed E-state index contributed by atoms with van der Waals surface area (Å²) in [4.78, 5) is 42.9. The Hall–Kier alpha value is -4.55. The number of allylic oxidation sites excluding steroid dienone is 1. The standard InChI is InChI=1S/C17H13N3O10/c1-29-15-8-16(30-2)11(18(23)24)7-10(15)14(21)4-3-9-5-12(19(25)26)17(22)13(6-9)20(27)28/h3-8,22H,1-2H3/b4-3+. The van der Waals surface area contributed by atoms with Gasteiger partial charge in [-0.15, -0.1) is 0 Å². The number of phenolic OH excluding ortho intramolecular Hbond substituents is 1. The van der Waals surface area contributed by atoms with E-state index in [1.54, 1.807) is 0 Å². The van der Waals surface area contributed by atoms with E-state index in [4.69, 9.17) is 9.47 Å². The molecule has 156 valence electrons. The molecule has 0 saturated heterocycles. The number of hydrogen-bond donors (Lipinski definition) is 1. The van der Waals surface area contributed by atoms with Crippen LogP contribution in [0, 0.1) is 30.3 Å². The van der Waals surface area contributed by atoms with E-state index < -0.39 is 43.4 Å². The van der Waals surface area contributed by atoms with Crippen LogP contribution in [-0.2, 0) is 0 Å². The Morgan fingerprint density at radius 3 is 1.80 bits per heavy atom. The van der Waals surface area contributed by atoms with Gasteiger partial charge in [0.1, 0.15) is 5.75 Å². The van der Waals surface area contributed by atoms with Gasteiger partial charge in [0.25, 0.3) is 5.75 Å². The Labute approximate surface area is 167 Å². The fraction of sp³-hybridized carbons (Fsp3) is 0.118. The third kappa shape index (κ3) is 4.30. The minimum absolute atomic E-state index is 0.0326. The molecule has 13 heteroatoms. The van der Waals surface area contributed by atoms with Gasteiger partial charge in [0, 0.05) is 24.3 Å². The van der Waals surface area contributed by atoms with Crippen LogP contribution in [0.5, 0.6) is 17.2 Å². The molecule has 0 aliphatic rings. The molecule has 0 aliphatic heterocycles. The predicted molar refractivity (Wildman–Crippen MR) is 101 cm³/mol. The van der Waals surface area contributed by atoms with Gasteiger partial charge in [0.15, 0.2) is 5.78 Å². The number of nitro groups is 3. The predicted octanol–water partition coefficient (Wildman–Crippen LogP) is 3.03. The number of hydrogen-bond acceptors (Lipinski definition) is 10. The SMILES string of the molecule is COc1cc(OC)c([N+](=O)[O-])cc1C(=O)/C=C/c1cc([N+](=O)[O-])c(O)c([N+](=O)[O-])c1. The molecule has 0 saturated carbocycles. The highest BCUT2D eigenvalue weighted by Gasteiger charge is 2.26. The Balaban J connectivity index is 2.52. The third-order valence-corrected chi connectivity index (χ3v) is 3.88. The number of aromatic hydroxyl groups is 1. The number of ether oxygens (including phenoxy) is 2. The van der Waals surface area contributed by atoms with Crippen molar-refractivity contribution in [3.05, 3.63) is 71.8 Å². The third-order valence-electron chi connectivity index (χ3n) is 3.88. The number of nitro benzene ring substituents is 3. The maximum Gasteiger partial charge on any atom is 0.318 e. The fourth-order valence-electron chi connectivity index (χ4n) is 2.48. The lowest BCUT2D eigenvalue weighted by molar-refractivity contribution is -0.396. The molecule has 2 aromatic carbocycles. The highest BCUT2D eigenvalue weighted by Crippen LogP contribution is 2.37. The molecule has 0 amide bonds. The highest BCUT2D eigenvalue weighted by atomic mass is 16.6. The lowest BCUT2D eigenvalue weighted by atomic mass is 10.1. The average Bonchev–Trinajstić information content (AvgIpc) is 2.70. The molecule has 0 heterocycles. The Morgan fingerprint density at radius 1 is 0.867 bits per heavy atom. The Bertz CT molecular complexity index is 1060. The van der Waals surface area contributed by atoms with E-state index in [-0.39, 0.29) is 22.6 Å². The molecule has 13 nitrogen and oxygen atoms in total. The van der Waals surface area contributed by atoms with Crippen molar-refractivity contribution >= 4 is 28.9 Å². The van der Waals surface area contributed by atoms with Crippen LogP contribution in [0.25, 0.3) is 6.08 Å². The normalized spacial score (nSPS) is 10.6. The van der Waals surface area contributed by atoms with Crippen molar-refractivity contribution in [3.8, 4) is 17.2 Å². The summed E-state index contributed by atoms with van der Waals surface area (Å²) in [5.41, 5.74) is -2.67. The number of benzene rings is 2. The van der Waals surface area contributed by atoms with Gasteiger partial charge in [-0.2, -0.15) is 0 Å². The van der Waals surface area contributed by atoms with Crippen molar-refractivity contribution in [1.82, 2.24) is 0 Å². The lowest BCUT2D eigenvalue weighted by Gasteiger charge is -2.09. The largest absolute Gasteiger partial charge is 0.497 e. The van der Waals surface area contributed by atoms with Crippen molar-refractivity contribution in [2.24, 2.45) is 0 Å². The van der Waals surface area contributed by atoms with Crippen LogP contribution in [0.2, 0.25) is 0 Å². The molecule has 0 aliphatic carbocycles. The summed E-state index contributed by atoms with van der Waals surface area (Å²) in [5.74, 6) is -2.08. The minimum Gasteiger partial charge on any atom is -0.497 e. The molecule has 0 fully saturated rings. The van der Waals surface area contributed by atoms with E-state index in [0.717, 1.165) is 36.4 Å². The Kier molecular flexibility index (Phi) is 6.26. The van der Waals surface area contributed by atoms with Gasteiger partial charge in [-0.3, -0.25) is 35.1 Å². The zero-order valence-corrected chi connectivity index (χ0v) is 15.4. The first kappa shape index (κ1) is 21.7. The maximum atomic E-state index is 12.5. The van der Waals surface area contributed by atoms with Crippen LogP contribution in [0.4, 0.5) is 17.1 Å². The fourth-order valence-corrected chi connectivity index (χ4v) is 2.48. The maximum absolute atomic E-state index is 12.5. The van der Waals surface area contributed by atoms with Crippen LogP contribution < -0.4 is 9.47 Å². The van der Waals surface area contributed by atoms with Gasteiger partial charge in [-0.25, -0.2) is 0 Å². The van der Waals surface area contributed by atoms with Gasteiger partial charge in [-0.1, -0.05) is 6.08 Å². The molecule has 0 atom stereocenters. The molecule has 0 spiro atoms. The highest BCUT2D eigenvalue weighted by molar-refractivity contribution is 6.09. The number of phenols is 1. The minimum atomic E-state index is -1.12. The molecule has 1 N–H and O–H groups in total. The summed E-state index contributed by atoms with van der Waals surface area (Å²) in [6.45, 7) is 0. The van der Waals surface area contributed by atoms with Gasteiger partial charge in [-0.05, 0) is 11.6 Å². The molecular weight excluding hydrogens is 406 g/mol. The van der Waals surface area contributed by atoms with Crippen molar-refractivity contribution in [3.63, 3.8) is 0 Å². The van der Waals surface area contributed by atoms with Crippen molar-refractivity contribution in [2.75, 3.05) is 14.2 Å². The number of methoxy groups -OCH3 is 2. The molecule has 0 bridgehead atoms. The smallest absolute Gasteiger partial charge is 0.318 e. The summed E-state index contributed by atoms with van der Waals surface area (Å²) < 4.78 is 9.94. The van der Waals surface area contributed by atoms with Crippen LogP contribution in [-0.4, -0.2) is 39.9 Å². The van der Waals surface area contributed by atoms with E-state index in [9.17, 15) is 40.2 Å². The number of ketones is 1. The van der Waals surface area contributed by atoms with Crippen LogP contribution >= 0.6 is 0 Å². The van der Waals surface area contributed by atoms with Crippen molar-refractivity contribution in [2.45, 2.75) is 0 Å². The second-order valence-corrected chi connectivity index (χ2v) is 5.60. The van der Waals surface area contributed by atoms with Crippen LogP contribution in [0.1, 0.15) is 15.9 Å². The second-order valence-electron chi connectivity index (χ2n) is 5.60. The van der Waals surface area contributed by atoms with Gasteiger partial charge < -0.3 is 14.6 Å². The van der Waals surface area contributed by atoms with E-state index in [1.165, 1.54) is 14.2 Å². The van der Waals surface area contributed by atoms with Crippen LogP contribution in [0.3, 0.4) is 0 Å². The van der Waals surface area contributed by atoms with E-state index >= 15 is 0 Å². The number of carbonyl (C=O) groups is 1. The van der Waals surface area contributed by atoms with Gasteiger partial charge >= 0.3 is 17.1 Å². The topological polar surface area (TPSA) is 185 Å². The zero-order chi connectivity index (χ0) is 22.6. The molecule has 0 aromatic heterocycles. The summed E-state index contributed by atoms with van der Waals surface area (Å²) in [6, 6.07) is 3.75. The van der Waals surface area contributed by atoms with E-state index in [2.05, 4.69) is 0 Å². The monoisotopic (exact) mass is 419 g/mol. The van der Waals surface area contributed by atoms with Crippen LogP contribution in [0.15, 0.2) is 30.3 Å². The van der Waals surface area contributed by atoms with Crippen molar-refractivity contribution < 1.29 is 34.1 Å². The van der Waals surface area contributed by atoms with Gasteiger partial charge in [0.2, 0.25) is 5.75 Å². The molecule has 0 unspecified atom stereocenters. The first-order chi connectivity index (χ1) is 14.1. The summed E-state index contributed by atoms with van der Waals surface area (Å²) in [5, 5.41) is 42.8. The molecule has 2 aromatic rings. The first-order valence-corrected chi connectivity index (χ1v) is 7.89. The number of rotatable bonds is 8. The summed E-state index contributed by atoms with van der Waals surface area (Å²) in [7, 11) is 2.43. The van der Waals surface area contributed by atoms with Crippen molar-refractivity contribution in [1.29, 1.82) is 0 Å². The van der Waals surface area contributed by atoms with E-state index in [1.807, 2.05) is 0 Å². The number of nitrogens with zero attached hydrogens (tertiary/aromatic N) is 3. The zero-order valence-electron chi connectivity index (χ0n) is 15.4. The molecular formula is C17H13N3O10. The summed E-state index contributed by atoms with van der Waals surface area (Å²) in [6.07, 6.45) is 1.92. The molecule has 30 heavy (non-hydrogen) atoms. The first-order valence-electron chi connectivity index (χ1n) is 7.89.